The van der Waals surface area contributed by atoms with E-state index in [1.54, 1.807) is 0 Å². The molecule has 172 valence electrons. The zero-order chi connectivity index (χ0) is 26.1. The van der Waals surface area contributed by atoms with Crippen LogP contribution >= 0.6 is 0 Å². The number of furan rings is 1. The zero-order valence-corrected chi connectivity index (χ0v) is 21.6. The van der Waals surface area contributed by atoms with E-state index >= 15 is 0 Å². The van der Waals surface area contributed by atoms with Crippen LogP contribution in [0.4, 0.5) is 0 Å². The van der Waals surface area contributed by atoms with E-state index in [1.807, 2.05) is 49.6 Å². The Morgan fingerprint density at radius 2 is 1.74 bits per heavy atom. The maximum absolute atomic E-state index is 10.2. The highest BCUT2D eigenvalue weighted by Gasteiger charge is 2.33. The maximum atomic E-state index is 10.2. The van der Waals surface area contributed by atoms with Gasteiger partial charge in [-0.25, -0.2) is 4.57 Å². The van der Waals surface area contributed by atoms with E-state index in [2.05, 4.69) is 54.9 Å². The Morgan fingerprint density at radius 3 is 2.51 bits per heavy atom. The molecule has 0 bridgehead atoms. The van der Waals surface area contributed by atoms with Crippen molar-refractivity contribution in [2.24, 2.45) is 7.05 Å². The fourth-order valence-corrected chi connectivity index (χ4v) is 8.57. The van der Waals surface area contributed by atoms with Gasteiger partial charge in [-0.3, -0.25) is 0 Å². The van der Waals surface area contributed by atoms with Gasteiger partial charge in [0.1, 0.15) is 18.2 Å². The molecule has 0 aliphatic carbocycles. The van der Waals surface area contributed by atoms with Gasteiger partial charge in [0, 0.05) is 31.2 Å². The van der Waals surface area contributed by atoms with Crippen LogP contribution in [0, 0.1) is 18.3 Å². The first kappa shape index (κ1) is 19.6. The number of nitrogens with zero attached hydrogens (tertiary/aromatic N) is 2. The third-order valence-electron chi connectivity index (χ3n) is 7.53. The summed E-state index contributed by atoms with van der Waals surface area (Å²) in [5, 5.41) is 13.3. The van der Waals surface area contributed by atoms with E-state index in [1.165, 1.54) is 0 Å². The van der Waals surface area contributed by atoms with Crippen molar-refractivity contribution in [3.05, 3.63) is 83.6 Å². The predicted octanol–water partition coefficient (Wildman–Crippen LogP) is 6.79. The van der Waals surface area contributed by atoms with Crippen molar-refractivity contribution in [3.63, 3.8) is 0 Å². The first-order valence-corrected chi connectivity index (χ1v) is 15.3. The van der Waals surface area contributed by atoms with Crippen molar-refractivity contribution in [2.45, 2.75) is 38.9 Å². The Kier molecular flexibility index (Phi) is 4.44. The summed E-state index contributed by atoms with van der Waals surface area (Å²) in [6.45, 7) is 6.72. The minimum absolute atomic E-state index is 0.541. The van der Waals surface area contributed by atoms with Crippen LogP contribution in [0.1, 0.15) is 25.9 Å². The first-order valence-electron chi connectivity index (χ1n) is 13.1. The highest BCUT2D eigenvalue weighted by Crippen LogP contribution is 2.42. The largest absolute Gasteiger partial charge is 0.454 e. The molecule has 0 fully saturated rings. The molecule has 1 aliphatic heterocycles. The van der Waals surface area contributed by atoms with Gasteiger partial charge < -0.3 is 4.42 Å². The van der Waals surface area contributed by atoms with E-state index in [0.717, 1.165) is 61.1 Å². The zero-order valence-electron chi connectivity index (χ0n) is 22.6. The fraction of sp³-hybridized carbons (Fsp3) is 0.226. The van der Waals surface area contributed by atoms with Crippen LogP contribution in [0.3, 0.4) is 0 Å². The lowest BCUT2D eigenvalue weighted by Gasteiger charge is -2.33. The van der Waals surface area contributed by atoms with E-state index in [0.29, 0.717) is 17.6 Å². The van der Waals surface area contributed by atoms with Crippen molar-refractivity contribution in [3.8, 4) is 28.5 Å². The number of benzene rings is 3. The van der Waals surface area contributed by atoms with Gasteiger partial charge in [0.2, 0.25) is 5.69 Å². The van der Waals surface area contributed by atoms with E-state index in [4.69, 9.17) is 7.16 Å². The minimum atomic E-state index is -1.96. The highest BCUT2D eigenvalue weighted by atomic mass is 28.3. The topological polar surface area (TPSA) is 40.8 Å². The van der Waals surface area contributed by atoms with Crippen molar-refractivity contribution in [2.75, 3.05) is 0 Å². The van der Waals surface area contributed by atoms with Crippen molar-refractivity contribution in [1.82, 2.24) is 0 Å². The molecule has 3 heterocycles. The van der Waals surface area contributed by atoms with Gasteiger partial charge >= 0.3 is 0 Å². The lowest BCUT2D eigenvalue weighted by Crippen LogP contribution is -2.47. The number of fused-ring (bicyclic) bond motifs is 4. The smallest absolute Gasteiger partial charge is 0.216 e. The number of aromatic nitrogens is 1. The number of pyridine rings is 1. The van der Waals surface area contributed by atoms with Crippen molar-refractivity contribution in [1.29, 1.82) is 5.26 Å². The van der Waals surface area contributed by atoms with Gasteiger partial charge in [-0.2, -0.15) is 5.26 Å². The molecule has 0 atom stereocenters. The summed E-state index contributed by atoms with van der Waals surface area (Å²) in [7, 11) is 0.0704. The van der Waals surface area contributed by atoms with E-state index < -0.39 is 14.4 Å². The minimum Gasteiger partial charge on any atom is -0.454 e. The molecule has 3 nitrogen and oxygen atoms in total. The highest BCUT2D eigenvalue weighted by molar-refractivity contribution is 6.91. The van der Waals surface area contributed by atoms with Gasteiger partial charge in [0.25, 0.3) is 0 Å². The summed E-state index contributed by atoms with van der Waals surface area (Å²) in [4.78, 5) is 0. The molecule has 1 aliphatic rings. The SMILES string of the molecule is [2H]C1([2H])CC[Si](C)(C)c2c(-c3c(C#N)ccc4c3oc3c(-c5cccc[n+]5C)c(C)ccc34)cccc21. The lowest BCUT2D eigenvalue weighted by molar-refractivity contribution is -0.660. The summed E-state index contributed by atoms with van der Waals surface area (Å²) in [6, 6.07) is 23.5. The Morgan fingerprint density at radius 1 is 0.971 bits per heavy atom. The van der Waals surface area contributed by atoms with Crippen molar-refractivity contribution < 1.29 is 11.7 Å². The molecule has 0 saturated heterocycles. The normalized spacial score (nSPS) is 17.0. The molecule has 2 aromatic heterocycles. The molecule has 5 aromatic rings. The monoisotopic (exact) mass is 475 g/mol. The molecule has 0 radical (unpaired) electrons. The van der Waals surface area contributed by atoms with Crippen LogP contribution in [-0.2, 0) is 13.4 Å². The molecular formula is C31H29N2OSi+. The maximum Gasteiger partial charge on any atom is 0.216 e. The van der Waals surface area contributed by atoms with Gasteiger partial charge in [-0.1, -0.05) is 55.9 Å². The number of rotatable bonds is 2. The molecule has 0 spiro atoms. The Balaban J connectivity index is 1.75. The first-order chi connectivity index (χ1) is 17.6. The van der Waals surface area contributed by atoms with Crippen LogP contribution in [0.5, 0.6) is 0 Å². The van der Waals surface area contributed by atoms with Gasteiger partial charge in [-0.15, -0.1) is 0 Å². The average molecular weight is 476 g/mol. The number of nitriles is 1. The number of hydrogen-bond donors (Lipinski definition) is 0. The van der Waals surface area contributed by atoms with Gasteiger partial charge in [0.15, 0.2) is 6.20 Å². The quantitative estimate of drug-likeness (QED) is 0.208. The number of aryl methyl sites for hydroxylation is 3. The molecule has 0 N–H and O–H groups in total. The van der Waals surface area contributed by atoms with Gasteiger partial charge in [-0.05, 0) is 53.4 Å². The predicted molar refractivity (Wildman–Crippen MR) is 145 cm³/mol. The van der Waals surface area contributed by atoms with Crippen LogP contribution in [-0.4, -0.2) is 8.07 Å². The molecule has 4 heteroatoms. The molecule has 0 amide bonds. The second-order valence-corrected chi connectivity index (χ2v) is 15.0. The van der Waals surface area contributed by atoms with Crippen molar-refractivity contribution >= 4 is 35.2 Å². The molecule has 6 rings (SSSR count). The summed E-state index contributed by atoms with van der Waals surface area (Å²) in [5.41, 5.74) is 7.79. The molecular weight excluding hydrogens is 444 g/mol. The Hall–Kier alpha value is -3.68. The van der Waals surface area contributed by atoms with E-state index in [-0.39, 0.29) is 0 Å². The van der Waals surface area contributed by atoms with Gasteiger partial charge in [0.05, 0.1) is 25.3 Å². The summed E-state index contributed by atoms with van der Waals surface area (Å²) in [5.74, 6) is 0. The van der Waals surface area contributed by atoms with Crippen LogP contribution in [0.25, 0.3) is 44.3 Å². The molecule has 35 heavy (non-hydrogen) atoms. The Bertz CT molecular complexity index is 1780. The second-order valence-electron chi connectivity index (χ2n) is 10.2. The molecule has 3 aromatic carbocycles. The van der Waals surface area contributed by atoms with E-state index in [9.17, 15) is 5.26 Å². The number of hydrogen-bond acceptors (Lipinski definition) is 2. The second kappa shape index (κ2) is 7.93. The van der Waals surface area contributed by atoms with Crippen LogP contribution in [0.15, 0.2) is 71.3 Å². The molecule has 0 unspecified atom stereocenters. The van der Waals surface area contributed by atoms with Crippen LogP contribution < -0.4 is 9.75 Å². The molecule has 0 saturated carbocycles. The standard InChI is InChI=1S/C31H29N2OSi/c1-20-13-15-23-24-16-14-22(19-32)28(25-11-7-9-21-10-8-18-35(3,4)31(21)25)30(24)34-29(23)27(20)26-12-5-6-17-33(26)2/h5-7,9,11-17H,8,10,18H2,1-4H3/q+1/i10D2. The van der Waals surface area contributed by atoms with Crippen LogP contribution in [0.2, 0.25) is 19.1 Å². The average Bonchev–Trinajstić information content (AvgIpc) is 3.25. The Labute approximate surface area is 210 Å². The lowest BCUT2D eigenvalue weighted by atomic mass is 9.94. The fourth-order valence-electron chi connectivity index (χ4n) is 5.74. The third-order valence-corrected chi connectivity index (χ3v) is 10.9. The third kappa shape index (κ3) is 3.26. The summed E-state index contributed by atoms with van der Waals surface area (Å²) < 4.78 is 26.4. The summed E-state index contributed by atoms with van der Waals surface area (Å²) >= 11 is 0. The summed E-state index contributed by atoms with van der Waals surface area (Å²) in [6.07, 6.45) is 1.19.